The summed E-state index contributed by atoms with van der Waals surface area (Å²) in [5.41, 5.74) is 0. The molecule has 3 heterocycles. The van der Waals surface area contributed by atoms with E-state index in [0.29, 0.717) is 57.8 Å². The van der Waals surface area contributed by atoms with Crippen molar-refractivity contribution >= 4 is 53.4 Å². The van der Waals surface area contributed by atoms with Crippen LogP contribution in [0.5, 0.6) is 0 Å². The molecular weight excluding hydrogens is 630 g/mol. The summed E-state index contributed by atoms with van der Waals surface area (Å²) in [6, 6.07) is 0. The zero-order valence-electron chi connectivity index (χ0n) is 26.8. The lowest BCUT2D eigenvalue weighted by Crippen LogP contribution is -2.31. The highest BCUT2D eigenvalue weighted by molar-refractivity contribution is 6.14. The third kappa shape index (κ3) is 12.7. The van der Waals surface area contributed by atoms with Crippen LogP contribution in [0.4, 0.5) is 0 Å². The number of amides is 6. The van der Waals surface area contributed by atoms with Crippen LogP contribution in [-0.2, 0) is 57.4 Å². The first-order valence-corrected chi connectivity index (χ1v) is 16.2. The molecule has 0 aromatic rings. The highest BCUT2D eigenvalue weighted by atomic mass is 16.6. The molecule has 3 aliphatic rings. The molecule has 260 valence electrons. The van der Waals surface area contributed by atoms with Crippen molar-refractivity contribution in [3.8, 4) is 0 Å². The van der Waals surface area contributed by atoms with Crippen molar-refractivity contribution < 1.29 is 57.4 Å². The molecule has 0 saturated carbocycles. The van der Waals surface area contributed by atoms with Crippen LogP contribution < -0.4 is 0 Å². The Morgan fingerprint density at radius 2 is 0.729 bits per heavy atom. The number of hydrogen-bond donors (Lipinski definition) is 0. The molecule has 3 aliphatic heterocycles. The van der Waals surface area contributed by atoms with Crippen LogP contribution in [0.15, 0.2) is 36.5 Å². The van der Waals surface area contributed by atoms with Gasteiger partial charge in [-0.15, -0.1) is 0 Å². The number of carbonyl (C=O) groups excluding carboxylic acids is 9. The van der Waals surface area contributed by atoms with Gasteiger partial charge in [0.15, 0.2) is 6.10 Å². The highest BCUT2D eigenvalue weighted by Gasteiger charge is 2.25. The van der Waals surface area contributed by atoms with Gasteiger partial charge in [-0.1, -0.05) is 19.3 Å². The van der Waals surface area contributed by atoms with Crippen LogP contribution in [0, 0.1) is 0 Å². The van der Waals surface area contributed by atoms with E-state index in [9.17, 15) is 43.2 Å². The van der Waals surface area contributed by atoms with Crippen LogP contribution in [0.2, 0.25) is 0 Å². The number of ether oxygens (including phenoxy) is 3. The average Bonchev–Trinajstić information content (AvgIpc) is 3.68. The molecule has 15 nitrogen and oxygen atoms in total. The number of carbonyl (C=O) groups is 9. The summed E-state index contributed by atoms with van der Waals surface area (Å²) in [7, 11) is 0. The second-order valence-corrected chi connectivity index (χ2v) is 11.4. The van der Waals surface area contributed by atoms with Gasteiger partial charge in [-0.05, 0) is 38.5 Å². The molecule has 0 aromatic heterocycles. The first-order chi connectivity index (χ1) is 23.0. The molecule has 0 fully saturated rings. The van der Waals surface area contributed by atoms with E-state index < -0.39 is 24.0 Å². The molecule has 3 rings (SSSR count). The number of unbranched alkanes of at least 4 members (excludes halogenated alkanes) is 6. The Morgan fingerprint density at radius 3 is 1.04 bits per heavy atom. The average molecular weight is 672 g/mol. The summed E-state index contributed by atoms with van der Waals surface area (Å²) in [4.78, 5) is 110. The van der Waals surface area contributed by atoms with Crippen LogP contribution in [-0.4, -0.2) is 107 Å². The minimum absolute atomic E-state index is 0.0215. The van der Waals surface area contributed by atoms with E-state index >= 15 is 0 Å². The van der Waals surface area contributed by atoms with Crippen LogP contribution in [0.3, 0.4) is 0 Å². The number of hydrogen-bond acceptors (Lipinski definition) is 12. The third-order valence-corrected chi connectivity index (χ3v) is 7.65. The topological polar surface area (TPSA) is 191 Å². The maximum absolute atomic E-state index is 12.5. The van der Waals surface area contributed by atoms with Crippen molar-refractivity contribution in [2.75, 3.05) is 32.8 Å². The summed E-state index contributed by atoms with van der Waals surface area (Å²) < 4.78 is 16.0. The normalized spacial score (nSPS) is 15.6. The van der Waals surface area contributed by atoms with Gasteiger partial charge in [0, 0.05) is 75.4 Å². The zero-order chi connectivity index (χ0) is 34.9. The Labute approximate surface area is 277 Å². The quantitative estimate of drug-likeness (QED) is 0.0658. The summed E-state index contributed by atoms with van der Waals surface area (Å²) in [5.74, 6) is -3.89. The number of esters is 3. The minimum atomic E-state index is -1.05. The van der Waals surface area contributed by atoms with E-state index in [4.69, 9.17) is 14.2 Å². The molecule has 0 unspecified atom stereocenters. The Kier molecular flexibility index (Phi) is 15.4. The van der Waals surface area contributed by atoms with Crippen molar-refractivity contribution in [1.82, 2.24) is 14.7 Å². The Morgan fingerprint density at radius 1 is 0.438 bits per heavy atom. The molecule has 0 N–H and O–H groups in total. The van der Waals surface area contributed by atoms with Gasteiger partial charge in [0.25, 0.3) is 35.4 Å². The molecule has 0 saturated heterocycles. The molecule has 0 radical (unpaired) electrons. The highest BCUT2D eigenvalue weighted by Crippen LogP contribution is 2.12. The molecular formula is C33H41N3O12. The van der Waals surface area contributed by atoms with Crippen molar-refractivity contribution in [3.05, 3.63) is 36.5 Å². The van der Waals surface area contributed by atoms with E-state index in [1.54, 1.807) is 0 Å². The molecule has 0 atom stereocenters. The maximum atomic E-state index is 12.5. The minimum Gasteiger partial charge on any atom is -0.462 e. The number of rotatable bonds is 23. The predicted octanol–water partition coefficient (Wildman–Crippen LogP) is 1.44. The monoisotopic (exact) mass is 671 g/mol. The van der Waals surface area contributed by atoms with Crippen molar-refractivity contribution in [3.63, 3.8) is 0 Å². The number of imide groups is 3. The van der Waals surface area contributed by atoms with Crippen molar-refractivity contribution in [1.29, 1.82) is 0 Å². The fourth-order valence-corrected chi connectivity index (χ4v) is 4.98. The van der Waals surface area contributed by atoms with Crippen LogP contribution >= 0.6 is 0 Å². The van der Waals surface area contributed by atoms with E-state index in [1.807, 2.05) is 0 Å². The Bertz CT molecular complexity index is 1230. The first kappa shape index (κ1) is 37.5. The second-order valence-electron chi connectivity index (χ2n) is 11.4. The lowest BCUT2D eigenvalue weighted by Gasteiger charge is -2.18. The lowest BCUT2D eigenvalue weighted by molar-refractivity contribution is -0.167. The largest absolute Gasteiger partial charge is 0.462 e. The standard InChI is InChI=1S/C33H41N3O12/c37-25-13-14-26(38)34(25)19-7-1-4-10-31(43)46-22-24(48-33(45)12-6-3-9-21-36-29(41)17-18-30(36)42)23-47-32(44)11-5-2-8-20-35-27(39)15-16-28(35)40/h13-18,24H,1-12,19-23H2. The SMILES string of the molecule is O=C(CCCCCN1C(=O)C=CC1=O)OCC(COC(=O)CCCCCN1C(=O)C=CC1=O)OC(=O)CCCCCN1C(=O)C=CC1=O. The molecule has 6 amide bonds. The molecule has 0 bridgehead atoms. The van der Waals surface area contributed by atoms with Gasteiger partial charge < -0.3 is 14.2 Å². The van der Waals surface area contributed by atoms with Crippen LogP contribution in [0.1, 0.15) is 77.0 Å². The third-order valence-electron chi connectivity index (χ3n) is 7.65. The van der Waals surface area contributed by atoms with E-state index in [-0.39, 0.29) is 87.6 Å². The molecule has 0 aromatic carbocycles. The zero-order valence-corrected chi connectivity index (χ0v) is 26.8. The molecule has 15 heteroatoms. The van der Waals surface area contributed by atoms with Gasteiger partial charge >= 0.3 is 17.9 Å². The maximum Gasteiger partial charge on any atom is 0.306 e. The van der Waals surface area contributed by atoms with Gasteiger partial charge in [-0.25, -0.2) is 0 Å². The van der Waals surface area contributed by atoms with Gasteiger partial charge in [-0.2, -0.15) is 0 Å². The summed E-state index contributed by atoms with van der Waals surface area (Å²) in [5, 5.41) is 0. The van der Waals surface area contributed by atoms with Gasteiger partial charge in [0.2, 0.25) is 0 Å². The number of nitrogens with zero attached hydrogens (tertiary/aromatic N) is 3. The van der Waals surface area contributed by atoms with Crippen molar-refractivity contribution in [2.45, 2.75) is 83.2 Å². The van der Waals surface area contributed by atoms with E-state index in [1.165, 1.54) is 36.5 Å². The van der Waals surface area contributed by atoms with E-state index in [0.717, 1.165) is 14.7 Å². The van der Waals surface area contributed by atoms with E-state index in [2.05, 4.69) is 0 Å². The Balaban J connectivity index is 1.35. The first-order valence-electron chi connectivity index (χ1n) is 16.2. The van der Waals surface area contributed by atoms with Crippen LogP contribution in [0.25, 0.3) is 0 Å². The predicted molar refractivity (Wildman–Crippen MR) is 165 cm³/mol. The molecule has 0 spiro atoms. The fraction of sp³-hybridized carbons (Fsp3) is 0.545. The fourth-order valence-electron chi connectivity index (χ4n) is 4.98. The van der Waals surface area contributed by atoms with Gasteiger partial charge in [-0.3, -0.25) is 57.9 Å². The van der Waals surface area contributed by atoms with Gasteiger partial charge in [0.1, 0.15) is 13.2 Å². The molecule has 0 aliphatic carbocycles. The Hall–Kier alpha value is -4.95. The smallest absolute Gasteiger partial charge is 0.306 e. The summed E-state index contributed by atoms with van der Waals surface area (Å²) >= 11 is 0. The molecule has 48 heavy (non-hydrogen) atoms. The lowest BCUT2D eigenvalue weighted by atomic mass is 10.2. The van der Waals surface area contributed by atoms with Gasteiger partial charge in [0.05, 0.1) is 0 Å². The second kappa shape index (κ2) is 19.7. The summed E-state index contributed by atoms with van der Waals surface area (Å²) in [6.07, 6.45) is 10.9. The van der Waals surface area contributed by atoms with Crippen molar-refractivity contribution in [2.24, 2.45) is 0 Å². The summed E-state index contributed by atoms with van der Waals surface area (Å²) in [6.45, 7) is 0.0800.